The molecule has 0 aliphatic heterocycles. The van der Waals surface area contributed by atoms with Gasteiger partial charge in [0.05, 0.1) is 10.5 Å². The van der Waals surface area contributed by atoms with Crippen LogP contribution in [-0.4, -0.2) is 29.8 Å². The molecule has 1 fully saturated rings. The first kappa shape index (κ1) is 16.7. The third-order valence-electron chi connectivity index (χ3n) is 4.24. The van der Waals surface area contributed by atoms with Crippen LogP contribution in [0.5, 0.6) is 0 Å². The number of benzene rings is 2. The first-order valence-corrected chi connectivity index (χ1v) is 9.24. The van der Waals surface area contributed by atoms with E-state index in [0.717, 1.165) is 18.4 Å². The van der Waals surface area contributed by atoms with Gasteiger partial charge >= 0.3 is 5.97 Å². The van der Waals surface area contributed by atoms with E-state index < -0.39 is 16.0 Å². The van der Waals surface area contributed by atoms with E-state index in [-0.39, 0.29) is 22.1 Å². The fraction of sp³-hybridized carbons (Fsp3) is 0.278. The summed E-state index contributed by atoms with van der Waals surface area (Å²) >= 11 is 0. The molecule has 126 valence electrons. The first-order chi connectivity index (χ1) is 11.4. The van der Waals surface area contributed by atoms with E-state index in [1.165, 1.54) is 22.5 Å². The SMILES string of the molecule is Cc1c(C(=O)O)cccc1S(=O)(=O)N(Cc1ccccc1)C1CC1. The molecular formula is C18H19NO4S. The molecule has 3 rings (SSSR count). The Hall–Kier alpha value is -2.18. The number of carboxylic acid groups (broad SMARTS) is 1. The molecular weight excluding hydrogens is 326 g/mol. The van der Waals surface area contributed by atoms with Crippen LogP contribution in [0, 0.1) is 6.92 Å². The van der Waals surface area contributed by atoms with Crippen molar-refractivity contribution in [1.82, 2.24) is 4.31 Å². The minimum Gasteiger partial charge on any atom is -0.478 e. The van der Waals surface area contributed by atoms with E-state index in [4.69, 9.17) is 0 Å². The highest BCUT2D eigenvalue weighted by molar-refractivity contribution is 7.89. The Morgan fingerprint density at radius 3 is 2.38 bits per heavy atom. The van der Waals surface area contributed by atoms with Gasteiger partial charge in [-0.2, -0.15) is 4.31 Å². The topological polar surface area (TPSA) is 74.7 Å². The minimum atomic E-state index is -3.75. The van der Waals surface area contributed by atoms with E-state index in [1.54, 1.807) is 6.92 Å². The average Bonchev–Trinajstić information content (AvgIpc) is 3.38. The summed E-state index contributed by atoms with van der Waals surface area (Å²) in [5.74, 6) is -1.12. The molecule has 6 heteroatoms. The van der Waals surface area contributed by atoms with Crippen molar-refractivity contribution in [3.05, 3.63) is 65.2 Å². The number of aromatic carboxylic acids is 1. The quantitative estimate of drug-likeness (QED) is 0.873. The number of carboxylic acids is 1. The summed E-state index contributed by atoms with van der Waals surface area (Å²) in [5.41, 5.74) is 1.22. The smallest absolute Gasteiger partial charge is 0.335 e. The Kier molecular flexibility index (Phi) is 4.43. The fourth-order valence-corrected chi connectivity index (χ4v) is 4.71. The van der Waals surface area contributed by atoms with E-state index in [1.807, 2.05) is 30.3 Å². The number of nitrogens with zero attached hydrogens (tertiary/aromatic N) is 1. The maximum absolute atomic E-state index is 13.1. The van der Waals surface area contributed by atoms with Crippen LogP contribution in [0.3, 0.4) is 0 Å². The molecule has 2 aromatic carbocycles. The van der Waals surface area contributed by atoms with Crippen molar-refractivity contribution < 1.29 is 18.3 Å². The third kappa shape index (κ3) is 3.20. The van der Waals surface area contributed by atoms with Crippen molar-refractivity contribution in [2.24, 2.45) is 0 Å². The van der Waals surface area contributed by atoms with Crippen LogP contribution in [-0.2, 0) is 16.6 Å². The Bertz CT molecular complexity index is 858. The second-order valence-electron chi connectivity index (χ2n) is 6.00. The van der Waals surface area contributed by atoms with Crippen LogP contribution in [0.1, 0.15) is 34.3 Å². The molecule has 0 atom stereocenters. The lowest BCUT2D eigenvalue weighted by atomic mass is 10.1. The zero-order chi connectivity index (χ0) is 17.3. The van der Waals surface area contributed by atoms with Gasteiger partial charge in [0, 0.05) is 12.6 Å². The van der Waals surface area contributed by atoms with Gasteiger partial charge in [0.2, 0.25) is 10.0 Å². The Labute approximate surface area is 141 Å². The lowest BCUT2D eigenvalue weighted by Crippen LogP contribution is -2.33. The molecule has 5 nitrogen and oxygen atoms in total. The molecule has 0 heterocycles. The van der Waals surface area contributed by atoms with Crippen molar-refractivity contribution in [3.63, 3.8) is 0 Å². The average molecular weight is 345 g/mol. The third-order valence-corrected chi connectivity index (χ3v) is 6.28. The molecule has 1 aliphatic rings. The lowest BCUT2D eigenvalue weighted by Gasteiger charge is -2.23. The van der Waals surface area contributed by atoms with Crippen LogP contribution < -0.4 is 0 Å². The second-order valence-corrected chi connectivity index (χ2v) is 7.86. The molecule has 1 saturated carbocycles. The zero-order valence-corrected chi connectivity index (χ0v) is 14.2. The lowest BCUT2D eigenvalue weighted by molar-refractivity contribution is 0.0696. The maximum Gasteiger partial charge on any atom is 0.335 e. The van der Waals surface area contributed by atoms with Crippen molar-refractivity contribution in [3.8, 4) is 0 Å². The van der Waals surface area contributed by atoms with Crippen LogP contribution in [0.2, 0.25) is 0 Å². The van der Waals surface area contributed by atoms with Crippen molar-refractivity contribution >= 4 is 16.0 Å². The molecule has 1 aliphatic carbocycles. The summed E-state index contributed by atoms with van der Waals surface area (Å²) in [6, 6.07) is 13.8. The van der Waals surface area contributed by atoms with Crippen molar-refractivity contribution in [2.75, 3.05) is 0 Å². The highest BCUT2D eigenvalue weighted by Crippen LogP contribution is 2.34. The maximum atomic E-state index is 13.1. The van der Waals surface area contributed by atoms with Crippen LogP contribution in [0.15, 0.2) is 53.4 Å². The fourth-order valence-electron chi connectivity index (χ4n) is 2.79. The van der Waals surface area contributed by atoms with Crippen LogP contribution in [0.4, 0.5) is 0 Å². The summed E-state index contributed by atoms with van der Waals surface area (Å²) in [4.78, 5) is 11.4. The normalized spacial score (nSPS) is 14.8. The van der Waals surface area contributed by atoms with Crippen LogP contribution >= 0.6 is 0 Å². The summed E-state index contributed by atoms with van der Waals surface area (Å²) in [7, 11) is -3.75. The van der Waals surface area contributed by atoms with Crippen LogP contribution in [0.25, 0.3) is 0 Å². The molecule has 2 aromatic rings. The zero-order valence-electron chi connectivity index (χ0n) is 13.3. The van der Waals surface area contributed by atoms with Gasteiger partial charge in [0.1, 0.15) is 0 Å². The van der Waals surface area contributed by atoms with Gasteiger partial charge in [-0.25, -0.2) is 13.2 Å². The molecule has 0 spiro atoms. The Morgan fingerprint density at radius 2 is 1.79 bits per heavy atom. The summed E-state index contributed by atoms with van der Waals surface area (Å²) in [6.07, 6.45) is 1.67. The van der Waals surface area contributed by atoms with Gasteiger partial charge in [-0.15, -0.1) is 0 Å². The molecule has 0 amide bonds. The highest BCUT2D eigenvalue weighted by Gasteiger charge is 2.39. The predicted octanol–water partition coefficient (Wildman–Crippen LogP) is 3.05. The predicted molar refractivity (Wildman–Crippen MR) is 90.3 cm³/mol. The molecule has 24 heavy (non-hydrogen) atoms. The number of carbonyl (C=O) groups is 1. The van der Waals surface area contributed by atoms with Crippen molar-refractivity contribution in [2.45, 2.75) is 37.2 Å². The molecule has 0 radical (unpaired) electrons. The summed E-state index contributed by atoms with van der Waals surface area (Å²) in [6.45, 7) is 1.84. The number of hydrogen-bond donors (Lipinski definition) is 1. The van der Waals surface area contributed by atoms with Crippen molar-refractivity contribution in [1.29, 1.82) is 0 Å². The van der Waals surface area contributed by atoms with E-state index >= 15 is 0 Å². The van der Waals surface area contributed by atoms with Gasteiger partial charge in [-0.05, 0) is 43.0 Å². The van der Waals surface area contributed by atoms with Gasteiger partial charge < -0.3 is 5.11 Å². The Balaban J connectivity index is 2.01. The van der Waals surface area contributed by atoms with E-state index in [9.17, 15) is 18.3 Å². The molecule has 0 saturated heterocycles. The van der Waals surface area contributed by atoms with E-state index in [0.29, 0.717) is 6.54 Å². The summed E-state index contributed by atoms with van der Waals surface area (Å²) in [5, 5.41) is 9.24. The first-order valence-electron chi connectivity index (χ1n) is 7.80. The van der Waals surface area contributed by atoms with Gasteiger partial charge in [0.15, 0.2) is 0 Å². The number of sulfonamides is 1. The highest BCUT2D eigenvalue weighted by atomic mass is 32.2. The van der Waals surface area contributed by atoms with Gasteiger partial charge in [0.25, 0.3) is 0 Å². The minimum absolute atomic E-state index is 0.0110. The molecule has 0 aromatic heterocycles. The second kappa shape index (κ2) is 6.37. The largest absolute Gasteiger partial charge is 0.478 e. The van der Waals surface area contributed by atoms with E-state index in [2.05, 4.69) is 0 Å². The summed E-state index contributed by atoms with van der Waals surface area (Å²) < 4.78 is 27.8. The van der Waals surface area contributed by atoms with Gasteiger partial charge in [-0.3, -0.25) is 0 Å². The molecule has 1 N–H and O–H groups in total. The number of hydrogen-bond acceptors (Lipinski definition) is 3. The monoisotopic (exact) mass is 345 g/mol. The molecule has 0 unspecified atom stereocenters. The number of rotatable bonds is 6. The Morgan fingerprint density at radius 1 is 1.12 bits per heavy atom. The molecule has 0 bridgehead atoms. The standard InChI is InChI=1S/C18H19NO4S/c1-13-16(18(20)21)8-5-9-17(13)24(22,23)19(15-10-11-15)12-14-6-3-2-4-7-14/h2-9,15H,10-12H2,1H3,(H,20,21). The van der Waals surface area contributed by atoms with Gasteiger partial charge in [-0.1, -0.05) is 36.4 Å².